The van der Waals surface area contributed by atoms with Crippen LogP contribution in [0.2, 0.25) is 0 Å². The minimum Gasteiger partial charge on any atom is -0.351 e. The van der Waals surface area contributed by atoms with E-state index in [0.29, 0.717) is 18.1 Å². The first-order chi connectivity index (χ1) is 7.34. The second-order valence-electron chi connectivity index (χ2n) is 4.71. The van der Waals surface area contributed by atoms with Gasteiger partial charge in [0, 0.05) is 24.3 Å². The molecule has 96 valence electrons. The van der Waals surface area contributed by atoms with Crippen LogP contribution in [0, 0.1) is 0 Å². The largest absolute Gasteiger partial charge is 0.351 e. The van der Waals surface area contributed by atoms with Gasteiger partial charge >= 0.3 is 0 Å². The van der Waals surface area contributed by atoms with Crippen molar-refractivity contribution in [3.63, 3.8) is 0 Å². The number of nitrogens with zero attached hydrogens (tertiary/aromatic N) is 2. The van der Waals surface area contributed by atoms with Crippen molar-refractivity contribution in [3.05, 3.63) is 24.4 Å². The molecule has 3 heterocycles. The van der Waals surface area contributed by atoms with Crippen molar-refractivity contribution in [3.8, 4) is 0 Å². The van der Waals surface area contributed by atoms with Gasteiger partial charge in [0.05, 0.1) is 0 Å². The Morgan fingerprint density at radius 1 is 1.12 bits per heavy atom. The highest BCUT2D eigenvalue weighted by Crippen LogP contribution is 2.37. The fourth-order valence-electron chi connectivity index (χ4n) is 3.10. The van der Waals surface area contributed by atoms with Gasteiger partial charge in [0.25, 0.3) is 0 Å². The fraction of sp³-hybridized carbons (Fsp3) is 0.583. The molecule has 0 radical (unpaired) electrons. The Bertz CT molecular complexity index is 333. The van der Waals surface area contributed by atoms with Crippen molar-refractivity contribution in [1.82, 2.24) is 4.98 Å². The molecule has 17 heavy (non-hydrogen) atoms. The number of nitrogens with two attached hydrogens (primary N) is 1. The van der Waals surface area contributed by atoms with Crippen molar-refractivity contribution in [2.45, 2.75) is 43.8 Å². The van der Waals surface area contributed by atoms with E-state index in [-0.39, 0.29) is 24.8 Å². The highest BCUT2D eigenvalue weighted by Gasteiger charge is 2.39. The molecule has 3 nitrogen and oxygen atoms in total. The van der Waals surface area contributed by atoms with E-state index in [4.69, 9.17) is 5.73 Å². The minimum atomic E-state index is 0. The highest BCUT2D eigenvalue weighted by molar-refractivity contribution is 5.85. The Hall–Kier alpha value is -0.510. The quantitative estimate of drug-likeness (QED) is 0.856. The average molecular weight is 276 g/mol. The van der Waals surface area contributed by atoms with Crippen molar-refractivity contribution in [2.24, 2.45) is 5.73 Å². The Balaban J connectivity index is 0.000000722. The lowest BCUT2D eigenvalue weighted by Gasteiger charge is -2.38. The maximum absolute atomic E-state index is 6.05. The Kier molecular flexibility index (Phi) is 5.04. The zero-order valence-corrected chi connectivity index (χ0v) is 11.3. The summed E-state index contributed by atoms with van der Waals surface area (Å²) in [6.07, 6.45) is 6.72. The van der Waals surface area contributed by atoms with Crippen LogP contribution >= 0.6 is 24.8 Å². The van der Waals surface area contributed by atoms with Gasteiger partial charge in [-0.2, -0.15) is 0 Å². The van der Waals surface area contributed by atoms with Crippen LogP contribution < -0.4 is 10.6 Å². The molecule has 2 bridgehead atoms. The molecule has 2 fully saturated rings. The van der Waals surface area contributed by atoms with Crippen molar-refractivity contribution in [1.29, 1.82) is 0 Å². The van der Waals surface area contributed by atoms with E-state index < -0.39 is 0 Å². The van der Waals surface area contributed by atoms with Crippen molar-refractivity contribution < 1.29 is 0 Å². The second-order valence-corrected chi connectivity index (χ2v) is 4.71. The van der Waals surface area contributed by atoms with E-state index in [1.54, 1.807) is 0 Å². The van der Waals surface area contributed by atoms with E-state index in [1.807, 2.05) is 12.3 Å². The molecule has 0 amide bonds. The van der Waals surface area contributed by atoms with Gasteiger partial charge in [-0.3, -0.25) is 0 Å². The molecule has 1 aromatic rings. The molecule has 5 heteroatoms. The summed E-state index contributed by atoms with van der Waals surface area (Å²) < 4.78 is 0. The van der Waals surface area contributed by atoms with Gasteiger partial charge in [-0.1, -0.05) is 6.07 Å². The minimum absolute atomic E-state index is 0. The molecule has 2 N–H and O–H groups in total. The van der Waals surface area contributed by atoms with E-state index >= 15 is 0 Å². The van der Waals surface area contributed by atoms with Gasteiger partial charge in [-0.15, -0.1) is 24.8 Å². The third kappa shape index (κ3) is 2.67. The molecule has 2 saturated heterocycles. The molecule has 2 atom stereocenters. The van der Waals surface area contributed by atoms with E-state index in [0.717, 1.165) is 18.7 Å². The van der Waals surface area contributed by atoms with Gasteiger partial charge in [-0.05, 0) is 37.8 Å². The van der Waals surface area contributed by atoms with E-state index in [1.165, 1.54) is 12.8 Å². The van der Waals surface area contributed by atoms with Crippen LogP contribution in [-0.4, -0.2) is 23.1 Å². The number of hydrogen-bond donors (Lipinski definition) is 1. The number of aromatic nitrogens is 1. The summed E-state index contributed by atoms with van der Waals surface area (Å²) in [6, 6.07) is 7.82. The van der Waals surface area contributed by atoms with Gasteiger partial charge < -0.3 is 10.6 Å². The molecular weight excluding hydrogens is 257 g/mol. The predicted molar refractivity (Wildman–Crippen MR) is 75.2 cm³/mol. The number of piperidine rings is 1. The van der Waals surface area contributed by atoms with E-state index in [2.05, 4.69) is 22.0 Å². The molecule has 0 saturated carbocycles. The van der Waals surface area contributed by atoms with Gasteiger partial charge in [0.2, 0.25) is 0 Å². The standard InChI is InChI=1S/C12H17N3.2ClH/c13-9-7-10-4-5-11(8-9)15(10)12-3-1-2-6-14-12;;/h1-3,6,9-11H,4-5,7-8,13H2;2*1H. The molecular formula is C12H19Cl2N3. The molecule has 2 aliphatic rings. The number of fused-ring (bicyclic) bond motifs is 2. The van der Waals surface area contributed by atoms with Gasteiger partial charge in [0.15, 0.2) is 0 Å². The van der Waals surface area contributed by atoms with Gasteiger partial charge in [-0.25, -0.2) is 4.98 Å². The van der Waals surface area contributed by atoms with Crippen molar-refractivity contribution >= 4 is 30.6 Å². The number of pyridine rings is 1. The van der Waals surface area contributed by atoms with Crippen LogP contribution in [0.25, 0.3) is 0 Å². The summed E-state index contributed by atoms with van der Waals surface area (Å²) in [5, 5.41) is 0. The lowest BCUT2D eigenvalue weighted by molar-refractivity contribution is 0.412. The number of anilines is 1. The Morgan fingerprint density at radius 3 is 2.29 bits per heavy atom. The molecule has 0 aliphatic carbocycles. The summed E-state index contributed by atoms with van der Waals surface area (Å²) in [6.45, 7) is 0. The molecule has 0 spiro atoms. The number of hydrogen-bond acceptors (Lipinski definition) is 3. The normalized spacial score (nSPS) is 30.4. The molecule has 3 rings (SSSR count). The summed E-state index contributed by atoms with van der Waals surface area (Å²) >= 11 is 0. The third-order valence-electron chi connectivity index (χ3n) is 3.68. The summed E-state index contributed by atoms with van der Waals surface area (Å²) in [5.74, 6) is 1.14. The summed E-state index contributed by atoms with van der Waals surface area (Å²) in [7, 11) is 0. The second kappa shape index (κ2) is 5.89. The average Bonchev–Trinajstić information content (AvgIpc) is 2.53. The first kappa shape index (κ1) is 14.6. The Labute approximate surface area is 115 Å². The number of halogens is 2. The Morgan fingerprint density at radius 2 is 1.76 bits per heavy atom. The van der Waals surface area contributed by atoms with Crippen LogP contribution in [-0.2, 0) is 0 Å². The zero-order valence-electron chi connectivity index (χ0n) is 9.66. The van der Waals surface area contributed by atoms with Gasteiger partial charge in [0.1, 0.15) is 5.82 Å². The molecule has 0 aromatic carbocycles. The van der Waals surface area contributed by atoms with Crippen LogP contribution in [0.3, 0.4) is 0 Å². The summed E-state index contributed by atoms with van der Waals surface area (Å²) in [4.78, 5) is 6.94. The lowest BCUT2D eigenvalue weighted by atomic mass is 9.98. The van der Waals surface area contributed by atoms with Crippen LogP contribution in [0.4, 0.5) is 5.82 Å². The zero-order chi connectivity index (χ0) is 10.3. The molecule has 2 unspecified atom stereocenters. The smallest absolute Gasteiger partial charge is 0.128 e. The first-order valence-corrected chi connectivity index (χ1v) is 5.79. The first-order valence-electron chi connectivity index (χ1n) is 5.79. The predicted octanol–water partition coefficient (Wildman–Crippen LogP) is 2.38. The third-order valence-corrected chi connectivity index (χ3v) is 3.68. The maximum atomic E-state index is 6.05. The lowest BCUT2D eigenvalue weighted by Crippen LogP contribution is -2.47. The fourth-order valence-corrected chi connectivity index (χ4v) is 3.10. The molecule has 2 aliphatic heterocycles. The summed E-state index contributed by atoms with van der Waals surface area (Å²) in [5.41, 5.74) is 6.05. The number of rotatable bonds is 1. The topological polar surface area (TPSA) is 42.1 Å². The molecule has 1 aromatic heterocycles. The van der Waals surface area contributed by atoms with Crippen LogP contribution in [0.5, 0.6) is 0 Å². The highest BCUT2D eigenvalue weighted by atomic mass is 35.5. The van der Waals surface area contributed by atoms with Crippen molar-refractivity contribution in [2.75, 3.05) is 4.90 Å². The SMILES string of the molecule is Cl.Cl.NC1CC2CCC(C1)N2c1ccccn1. The van der Waals surface area contributed by atoms with Crippen LogP contribution in [0.1, 0.15) is 25.7 Å². The maximum Gasteiger partial charge on any atom is 0.128 e. The van der Waals surface area contributed by atoms with Crippen LogP contribution in [0.15, 0.2) is 24.4 Å². The monoisotopic (exact) mass is 275 g/mol. The van der Waals surface area contributed by atoms with E-state index in [9.17, 15) is 0 Å².